The van der Waals surface area contributed by atoms with Crippen LogP contribution in [0, 0.1) is 37.1 Å². The zero-order chi connectivity index (χ0) is 34.6. The van der Waals surface area contributed by atoms with Gasteiger partial charge in [-0.1, -0.05) is 60.7 Å². The van der Waals surface area contributed by atoms with Gasteiger partial charge in [0.1, 0.15) is 36.1 Å². The molecular weight excluding hydrogens is 689 g/mol. The van der Waals surface area contributed by atoms with Crippen LogP contribution in [-0.2, 0) is 33.8 Å². The summed E-state index contributed by atoms with van der Waals surface area (Å²) in [6.07, 6.45) is 2.00. The fourth-order valence-electron chi connectivity index (χ4n) is 6.50. The van der Waals surface area contributed by atoms with Gasteiger partial charge in [0, 0.05) is 0 Å². The summed E-state index contributed by atoms with van der Waals surface area (Å²) in [4.78, 5) is 8.91. The van der Waals surface area contributed by atoms with Crippen LogP contribution in [0.25, 0.3) is 0 Å². The molecule has 2 aliphatic heterocycles. The Balaban J connectivity index is 1.05. The number of hydrogen-bond donors (Lipinski definition) is 0. The molecule has 0 bridgehead atoms. The highest BCUT2D eigenvalue weighted by molar-refractivity contribution is 8.76. The standard InChI is InChI=1S/C36H28F4N6O2S2/c1-21-7-3-5-9-25(21)31-35(47-31,23-11-13-27(37)29(39)15-23)17-45-33(41-19-43-45)49-50-34-42-20-44-46(34)18-36(24-12-14-28(38)30(40)16-24)32(48-36)26-10-6-4-8-22(26)2/h3-16,19-20,31-32H,17-18H2,1-2H3. The first kappa shape index (κ1) is 32.7. The van der Waals surface area contributed by atoms with Gasteiger partial charge in [-0.25, -0.2) is 36.9 Å². The Labute approximate surface area is 292 Å². The van der Waals surface area contributed by atoms with Gasteiger partial charge >= 0.3 is 0 Å². The molecule has 2 aliphatic rings. The molecule has 0 radical (unpaired) electrons. The summed E-state index contributed by atoms with van der Waals surface area (Å²) < 4.78 is 72.9. The zero-order valence-corrected chi connectivity index (χ0v) is 28.3. The number of hydrogen-bond acceptors (Lipinski definition) is 8. The first-order valence-electron chi connectivity index (χ1n) is 15.7. The van der Waals surface area contributed by atoms with Crippen LogP contribution in [0.2, 0.25) is 0 Å². The lowest BCUT2D eigenvalue weighted by Crippen LogP contribution is -2.21. The van der Waals surface area contributed by atoms with Crippen molar-refractivity contribution in [3.8, 4) is 0 Å². The van der Waals surface area contributed by atoms with Gasteiger partial charge in [0.05, 0.1) is 13.1 Å². The summed E-state index contributed by atoms with van der Waals surface area (Å²) in [6.45, 7) is 4.31. The molecule has 50 heavy (non-hydrogen) atoms. The lowest BCUT2D eigenvalue weighted by Gasteiger charge is -2.17. The minimum absolute atomic E-state index is 0.178. The summed E-state index contributed by atoms with van der Waals surface area (Å²) >= 11 is 0. The van der Waals surface area contributed by atoms with Gasteiger partial charge in [-0.2, -0.15) is 10.2 Å². The highest BCUT2D eigenvalue weighted by Crippen LogP contribution is 2.60. The third-order valence-corrected chi connectivity index (χ3v) is 11.4. The van der Waals surface area contributed by atoms with Crippen molar-refractivity contribution in [2.45, 2.75) is 60.7 Å². The highest BCUT2D eigenvalue weighted by atomic mass is 33.1. The lowest BCUT2D eigenvalue weighted by atomic mass is 9.90. The van der Waals surface area contributed by atoms with Crippen LogP contribution in [0.5, 0.6) is 0 Å². The van der Waals surface area contributed by atoms with Crippen molar-refractivity contribution in [2.24, 2.45) is 0 Å². The van der Waals surface area contributed by atoms with E-state index in [1.807, 2.05) is 62.4 Å². The predicted octanol–water partition coefficient (Wildman–Crippen LogP) is 8.18. The number of nitrogens with zero attached hydrogens (tertiary/aromatic N) is 6. The first-order chi connectivity index (χ1) is 24.2. The molecule has 4 aromatic carbocycles. The maximum atomic E-state index is 14.5. The Morgan fingerprint density at radius 3 is 1.42 bits per heavy atom. The van der Waals surface area contributed by atoms with Gasteiger partial charge in [0.25, 0.3) is 0 Å². The van der Waals surface area contributed by atoms with E-state index in [-0.39, 0.29) is 13.1 Å². The minimum Gasteiger partial charge on any atom is -0.354 e. The Bertz CT molecular complexity index is 2080. The largest absolute Gasteiger partial charge is 0.354 e. The maximum Gasteiger partial charge on any atom is 0.197 e. The number of aromatic nitrogens is 6. The average molecular weight is 717 g/mol. The first-order valence-corrected chi connectivity index (χ1v) is 17.8. The second-order valence-electron chi connectivity index (χ2n) is 12.3. The van der Waals surface area contributed by atoms with E-state index in [9.17, 15) is 17.6 Å². The second kappa shape index (κ2) is 12.7. The molecule has 2 aromatic heterocycles. The van der Waals surface area contributed by atoms with Crippen LogP contribution in [0.1, 0.15) is 45.6 Å². The number of epoxide rings is 2. The second-order valence-corrected chi connectivity index (χ2v) is 14.4. The maximum absolute atomic E-state index is 14.5. The molecule has 0 aliphatic carbocycles. The molecule has 8 rings (SSSR count). The molecule has 14 heteroatoms. The van der Waals surface area contributed by atoms with E-state index < -0.39 is 46.7 Å². The topological polar surface area (TPSA) is 86.5 Å². The van der Waals surface area contributed by atoms with Crippen LogP contribution in [-0.4, -0.2) is 29.5 Å². The molecule has 0 spiro atoms. The quantitative estimate of drug-likeness (QED) is 0.0755. The summed E-state index contributed by atoms with van der Waals surface area (Å²) in [5.41, 5.74) is 2.84. The minimum atomic E-state index is -1.01. The van der Waals surface area contributed by atoms with E-state index in [2.05, 4.69) is 20.2 Å². The molecule has 0 amide bonds. The van der Waals surface area contributed by atoms with Crippen molar-refractivity contribution in [1.82, 2.24) is 29.5 Å². The average Bonchev–Trinajstić information content (AvgIpc) is 3.88. The molecule has 4 unspecified atom stereocenters. The molecule has 4 heterocycles. The molecule has 0 saturated carbocycles. The van der Waals surface area contributed by atoms with Crippen molar-refractivity contribution in [1.29, 1.82) is 0 Å². The lowest BCUT2D eigenvalue weighted by molar-refractivity contribution is 0.255. The van der Waals surface area contributed by atoms with Crippen LogP contribution in [0.15, 0.2) is 108 Å². The number of rotatable bonds is 11. The molecule has 0 N–H and O–H groups in total. The highest BCUT2D eigenvalue weighted by Gasteiger charge is 2.61. The fraction of sp³-hybridized carbons (Fsp3) is 0.222. The molecule has 254 valence electrons. The Morgan fingerprint density at radius 1 is 0.600 bits per heavy atom. The van der Waals surface area contributed by atoms with Gasteiger partial charge in [-0.05, 0) is 93.1 Å². The summed E-state index contributed by atoms with van der Waals surface area (Å²) in [6, 6.07) is 23.2. The monoisotopic (exact) mass is 716 g/mol. The SMILES string of the molecule is Cc1ccccc1C1OC1(Cn1ncnc1SSc1ncnn1CC1(c2ccc(F)c(F)c2)OC1c1ccccc1C)c1ccc(F)c(F)c1. The van der Waals surface area contributed by atoms with Crippen LogP contribution < -0.4 is 0 Å². The normalized spacial score (nSPS) is 22.5. The summed E-state index contributed by atoms with van der Waals surface area (Å²) in [5.74, 6) is -3.81. The van der Waals surface area contributed by atoms with E-state index >= 15 is 0 Å². The summed E-state index contributed by atoms with van der Waals surface area (Å²) in [5, 5.41) is 9.93. The fourth-order valence-corrected chi connectivity index (χ4v) is 8.44. The van der Waals surface area contributed by atoms with Crippen molar-refractivity contribution >= 4 is 21.6 Å². The van der Waals surface area contributed by atoms with Gasteiger partial charge in [0.15, 0.2) is 33.6 Å². The van der Waals surface area contributed by atoms with Crippen LogP contribution in [0.3, 0.4) is 0 Å². The third-order valence-electron chi connectivity index (χ3n) is 9.27. The predicted molar refractivity (Wildman–Crippen MR) is 178 cm³/mol. The molecular formula is C36H28F4N6O2S2. The number of ether oxygens (including phenoxy) is 2. The van der Waals surface area contributed by atoms with Crippen molar-refractivity contribution in [3.63, 3.8) is 0 Å². The van der Waals surface area contributed by atoms with Crippen LogP contribution >= 0.6 is 21.6 Å². The van der Waals surface area contributed by atoms with Gasteiger partial charge in [-0.3, -0.25) is 0 Å². The van der Waals surface area contributed by atoms with Gasteiger partial charge < -0.3 is 9.47 Å². The Hall–Kier alpha value is -4.50. The van der Waals surface area contributed by atoms with Gasteiger partial charge in [-0.15, -0.1) is 0 Å². The van der Waals surface area contributed by atoms with Crippen molar-refractivity contribution < 1.29 is 27.0 Å². The number of halogens is 4. The molecule has 8 nitrogen and oxygen atoms in total. The van der Waals surface area contributed by atoms with E-state index in [1.165, 1.54) is 58.5 Å². The molecule has 6 aromatic rings. The Morgan fingerprint density at radius 2 is 1.02 bits per heavy atom. The van der Waals surface area contributed by atoms with E-state index in [1.54, 1.807) is 9.36 Å². The van der Waals surface area contributed by atoms with Gasteiger partial charge in [0.2, 0.25) is 0 Å². The van der Waals surface area contributed by atoms with Crippen LogP contribution in [0.4, 0.5) is 17.6 Å². The Kier molecular flexibility index (Phi) is 8.29. The molecule has 4 atom stereocenters. The van der Waals surface area contributed by atoms with E-state index in [0.717, 1.165) is 34.4 Å². The molecule has 2 saturated heterocycles. The molecule has 2 fully saturated rings. The van der Waals surface area contributed by atoms with Crippen molar-refractivity contribution in [3.05, 3.63) is 154 Å². The van der Waals surface area contributed by atoms with E-state index in [4.69, 9.17) is 9.47 Å². The zero-order valence-electron chi connectivity index (χ0n) is 26.6. The van der Waals surface area contributed by atoms with Crippen molar-refractivity contribution in [2.75, 3.05) is 0 Å². The number of benzene rings is 4. The van der Waals surface area contributed by atoms with E-state index in [0.29, 0.717) is 21.4 Å². The third kappa shape index (κ3) is 5.79. The smallest absolute Gasteiger partial charge is 0.197 e. The number of aryl methyl sites for hydroxylation is 2. The summed E-state index contributed by atoms with van der Waals surface area (Å²) in [7, 11) is 2.57.